The lowest BCUT2D eigenvalue weighted by molar-refractivity contribution is -0.0241. The predicted molar refractivity (Wildman–Crippen MR) is 80.1 cm³/mol. The van der Waals surface area contributed by atoms with E-state index in [1.54, 1.807) is 0 Å². The molecule has 0 aromatic carbocycles. The molecule has 0 bridgehead atoms. The predicted octanol–water partition coefficient (Wildman–Crippen LogP) is 1.80. The maximum absolute atomic E-state index is 5.58. The molecular weight excluding hydrogens is 282 g/mol. The van der Waals surface area contributed by atoms with E-state index in [2.05, 4.69) is 40.2 Å². The maximum Gasteiger partial charge on any atom is 0.246 e. The molecule has 7 nitrogen and oxygen atoms in total. The first-order chi connectivity index (χ1) is 10.6. The average Bonchev–Trinajstić information content (AvgIpc) is 3.08. The van der Waals surface area contributed by atoms with Crippen LogP contribution in [0, 0.1) is 12.8 Å². The summed E-state index contributed by atoms with van der Waals surface area (Å²) in [6.45, 7) is 10.1. The van der Waals surface area contributed by atoms with E-state index >= 15 is 0 Å². The summed E-state index contributed by atoms with van der Waals surface area (Å²) in [5, 5.41) is 8.32. The van der Waals surface area contributed by atoms with Crippen LogP contribution in [0.1, 0.15) is 37.2 Å². The molecule has 1 atom stereocenters. The Bertz CT molecular complexity index is 607. The van der Waals surface area contributed by atoms with Gasteiger partial charge in [0.1, 0.15) is 6.04 Å². The van der Waals surface area contributed by atoms with E-state index in [9.17, 15) is 0 Å². The molecule has 3 rings (SSSR count). The van der Waals surface area contributed by atoms with E-state index in [0.717, 1.165) is 26.2 Å². The second kappa shape index (κ2) is 6.58. The van der Waals surface area contributed by atoms with Crippen LogP contribution in [-0.2, 0) is 17.8 Å². The SMILES string of the molecule is Cc1noc([C@H]2COCCN2Cc2cnn(CC(C)C)c2)n1. The summed E-state index contributed by atoms with van der Waals surface area (Å²) < 4.78 is 12.9. The third-order valence-electron chi connectivity index (χ3n) is 3.69. The standard InChI is InChI=1S/C15H23N5O2/c1-11(2)7-20-9-13(6-16-20)8-19-4-5-21-10-14(19)15-17-12(3)18-22-15/h6,9,11,14H,4-5,7-8,10H2,1-3H3/t14-/m1/s1. The normalized spacial score (nSPS) is 19.9. The van der Waals surface area contributed by atoms with E-state index in [4.69, 9.17) is 9.26 Å². The molecule has 0 unspecified atom stereocenters. The zero-order valence-electron chi connectivity index (χ0n) is 13.4. The Labute approximate surface area is 130 Å². The fourth-order valence-corrected chi connectivity index (χ4v) is 2.70. The Morgan fingerprint density at radius 2 is 2.27 bits per heavy atom. The minimum atomic E-state index is 0.0170. The lowest BCUT2D eigenvalue weighted by atomic mass is 10.2. The molecule has 0 radical (unpaired) electrons. The van der Waals surface area contributed by atoms with Gasteiger partial charge in [-0.1, -0.05) is 19.0 Å². The zero-order chi connectivity index (χ0) is 15.5. The highest BCUT2D eigenvalue weighted by Crippen LogP contribution is 2.24. The van der Waals surface area contributed by atoms with Crippen molar-refractivity contribution in [3.63, 3.8) is 0 Å². The second-order valence-electron chi connectivity index (χ2n) is 6.21. The summed E-state index contributed by atoms with van der Waals surface area (Å²) in [5.41, 5.74) is 1.20. The first-order valence-corrected chi connectivity index (χ1v) is 7.75. The molecule has 1 aliphatic heterocycles. The minimum Gasteiger partial charge on any atom is -0.378 e. The Kier molecular flexibility index (Phi) is 4.54. The molecular formula is C15H23N5O2. The van der Waals surface area contributed by atoms with Crippen LogP contribution in [0.2, 0.25) is 0 Å². The van der Waals surface area contributed by atoms with Crippen molar-refractivity contribution in [2.24, 2.45) is 5.92 Å². The van der Waals surface area contributed by atoms with Crippen LogP contribution < -0.4 is 0 Å². The lowest BCUT2D eigenvalue weighted by Gasteiger charge is -2.32. The first-order valence-electron chi connectivity index (χ1n) is 7.75. The third-order valence-corrected chi connectivity index (χ3v) is 3.69. The quantitative estimate of drug-likeness (QED) is 0.839. The highest BCUT2D eigenvalue weighted by molar-refractivity contribution is 5.06. The number of aryl methyl sites for hydroxylation is 1. The summed E-state index contributed by atoms with van der Waals surface area (Å²) in [5.74, 6) is 1.88. The molecule has 1 saturated heterocycles. The number of nitrogens with zero attached hydrogens (tertiary/aromatic N) is 5. The zero-order valence-corrected chi connectivity index (χ0v) is 13.4. The summed E-state index contributed by atoms with van der Waals surface area (Å²) in [6.07, 6.45) is 4.06. The van der Waals surface area contributed by atoms with Crippen molar-refractivity contribution in [1.29, 1.82) is 0 Å². The van der Waals surface area contributed by atoms with Crippen molar-refractivity contribution in [2.75, 3.05) is 19.8 Å². The highest BCUT2D eigenvalue weighted by Gasteiger charge is 2.29. The van der Waals surface area contributed by atoms with Crippen LogP contribution in [0.5, 0.6) is 0 Å². The largest absolute Gasteiger partial charge is 0.378 e. The van der Waals surface area contributed by atoms with Gasteiger partial charge in [0.2, 0.25) is 5.89 Å². The van der Waals surface area contributed by atoms with Gasteiger partial charge >= 0.3 is 0 Å². The molecule has 1 fully saturated rings. The Morgan fingerprint density at radius 3 is 3.00 bits per heavy atom. The number of morpholine rings is 1. The molecule has 120 valence electrons. The van der Waals surface area contributed by atoms with Crippen molar-refractivity contribution < 1.29 is 9.26 Å². The fourth-order valence-electron chi connectivity index (χ4n) is 2.70. The topological polar surface area (TPSA) is 69.2 Å². The van der Waals surface area contributed by atoms with Crippen LogP contribution in [0.15, 0.2) is 16.9 Å². The van der Waals surface area contributed by atoms with Gasteiger partial charge in [-0.3, -0.25) is 9.58 Å². The van der Waals surface area contributed by atoms with Gasteiger partial charge in [-0.05, 0) is 12.8 Å². The van der Waals surface area contributed by atoms with E-state index < -0.39 is 0 Å². The van der Waals surface area contributed by atoms with Crippen LogP contribution >= 0.6 is 0 Å². The number of rotatable bonds is 5. The third kappa shape index (κ3) is 3.53. The van der Waals surface area contributed by atoms with E-state index in [0.29, 0.717) is 24.2 Å². The fraction of sp³-hybridized carbons (Fsp3) is 0.667. The van der Waals surface area contributed by atoms with E-state index in [1.807, 2.05) is 17.8 Å². The Morgan fingerprint density at radius 1 is 1.41 bits per heavy atom. The Balaban J connectivity index is 1.70. The summed E-state index contributed by atoms with van der Waals surface area (Å²) >= 11 is 0. The van der Waals surface area contributed by atoms with Crippen LogP contribution in [0.3, 0.4) is 0 Å². The van der Waals surface area contributed by atoms with Crippen molar-refractivity contribution >= 4 is 0 Å². The van der Waals surface area contributed by atoms with E-state index in [-0.39, 0.29) is 6.04 Å². The first kappa shape index (κ1) is 15.2. The van der Waals surface area contributed by atoms with Gasteiger partial charge in [0, 0.05) is 31.4 Å². The van der Waals surface area contributed by atoms with Gasteiger partial charge in [-0.15, -0.1) is 0 Å². The van der Waals surface area contributed by atoms with Crippen LogP contribution in [0.25, 0.3) is 0 Å². The van der Waals surface area contributed by atoms with Crippen LogP contribution in [-0.4, -0.2) is 44.6 Å². The second-order valence-corrected chi connectivity index (χ2v) is 6.21. The smallest absolute Gasteiger partial charge is 0.246 e. The summed E-state index contributed by atoms with van der Waals surface area (Å²) in [6, 6.07) is 0.0170. The maximum atomic E-state index is 5.58. The molecule has 0 aliphatic carbocycles. The molecule has 0 saturated carbocycles. The molecule has 0 amide bonds. The average molecular weight is 305 g/mol. The number of hydrogen-bond acceptors (Lipinski definition) is 6. The van der Waals surface area contributed by atoms with Gasteiger partial charge in [0.05, 0.1) is 19.4 Å². The molecule has 1 aliphatic rings. The van der Waals surface area contributed by atoms with Crippen molar-refractivity contribution in [3.05, 3.63) is 29.7 Å². The molecule has 7 heteroatoms. The van der Waals surface area contributed by atoms with E-state index in [1.165, 1.54) is 5.56 Å². The van der Waals surface area contributed by atoms with Crippen molar-refractivity contribution in [3.8, 4) is 0 Å². The molecule has 22 heavy (non-hydrogen) atoms. The highest BCUT2D eigenvalue weighted by atomic mass is 16.5. The van der Waals surface area contributed by atoms with Gasteiger partial charge in [0.25, 0.3) is 0 Å². The van der Waals surface area contributed by atoms with Crippen LogP contribution in [0.4, 0.5) is 0 Å². The molecule has 0 spiro atoms. The summed E-state index contributed by atoms with van der Waals surface area (Å²) in [4.78, 5) is 6.66. The monoisotopic (exact) mass is 305 g/mol. The molecule has 2 aromatic heterocycles. The number of hydrogen-bond donors (Lipinski definition) is 0. The minimum absolute atomic E-state index is 0.0170. The number of aromatic nitrogens is 4. The van der Waals surface area contributed by atoms with Gasteiger partial charge in [-0.25, -0.2) is 0 Å². The van der Waals surface area contributed by atoms with Gasteiger partial charge < -0.3 is 9.26 Å². The van der Waals surface area contributed by atoms with Gasteiger partial charge in [-0.2, -0.15) is 10.1 Å². The lowest BCUT2D eigenvalue weighted by Crippen LogP contribution is -2.39. The van der Waals surface area contributed by atoms with Crippen molar-refractivity contribution in [1.82, 2.24) is 24.8 Å². The van der Waals surface area contributed by atoms with Gasteiger partial charge in [0.15, 0.2) is 5.82 Å². The summed E-state index contributed by atoms with van der Waals surface area (Å²) in [7, 11) is 0. The Hall–Kier alpha value is -1.73. The number of ether oxygens (including phenoxy) is 1. The van der Waals surface area contributed by atoms with Crippen molar-refractivity contribution in [2.45, 2.75) is 39.9 Å². The molecule has 3 heterocycles. The molecule has 0 N–H and O–H groups in total. The molecule has 2 aromatic rings.